The summed E-state index contributed by atoms with van der Waals surface area (Å²) in [4.78, 5) is 28.7. The van der Waals surface area contributed by atoms with E-state index in [0.29, 0.717) is 5.69 Å². The second-order valence-electron chi connectivity index (χ2n) is 4.82. The van der Waals surface area contributed by atoms with Crippen LogP contribution in [0, 0.1) is 0 Å². The first-order valence-corrected chi connectivity index (χ1v) is 6.27. The van der Waals surface area contributed by atoms with Gasteiger partial charge in [-0.2, -0.15) is 0 Å². The van der Waals surface area contributed by atoms with Gasteiger partial charge in [-0.3, -0.25) is 19.5 Å². The lowest BCUT2D eigenvalue weighted by Gasteiger charge is -2.15. The van der Waals surface area contributed by atoms with Gasteiger partial charge in [0.25, 0.3) is 5.91 Å². The van der Waals surface area contributed by atoms with E-state index in [1.165, 1.54) is 7.05 Å². The maximum atomic E-state index is 11.9. The molecule has 102 valence electrons. The molecule has 0 saturated carbocycles. The molecule has 0 aliphatic carbocycles. The third kappa shape index (κ3) is 1.85. The molecule has 1 unspecified atom stereocenters. The molecule has 1 aliphatic heterocycles. The van der Waals surface area contributed by atoms with Crippen molar-refractivity contribution in [2.45, 2.75) is 12.5 Å². The number of carbonyl (C=O) groups excluding carboxylic acids is 2. The summed E-state index contributed by atoms with van der Waals surface area (Å²) in [5.74, 6) is -0.386. The summed E-state index contributed by atoms with van der Waals surface area (Å²) in [5, 5.41) is 4.83. The molecular formula is C14H14N4O2. The zero-order chi connectivity index (χ0) is 14.3. The van der Waals surface area contributed by atoms with Crippen LogP contribution < -0.4 is 11.1 Å². The number of fused-ring (bicyclic) bond motifs is 1. The number of nitrogens with zero attached hydrogens (tertiary/aromatic N) is 2. The average Bonchev–Trinajstić information content (AvgIpc) is 2.70. The summed E-state index contributed by atoms with van der Waals surface area (Å²) in [7, 11) is 1.50. The lowest BCUT2D eigenvalue weighted by molar-refractivity contribution is -0.136. The lowest BCUT2D eigenvalue weighted by Crippen LogP contribution is -2.31. The van der Waals surface area contributed by atoms with Crippen LogP contribution in [-0.2, 0) is 9.59 Å². The number of imide groups is 1. The number of anilines is 2. The number of likely N-dealkylation sites (tertiary alicyclic amines) is 1. The topological polar surface area (TPSA) is 88.3 Å². The second-order valence-corrected chi connectivity index (χ2v) is 4.82. The first-order chi connectivity index (χ1) is 9.58. The number of carbonyl (C=O) groups is 2. The Kier molecular flexibility index (Phi) is 2.78. The SMILES string of the molecule is CN1C(=O)CC(Nc2ccc(N)c3cnccc23)C1=O. The number of nitrogen functional groups attached to an aromatic ring is 1. The molecule has 0 radical (unpaired) electrons. The molecule has 2 amide bonds. The van der Waals surface area contributed by atoms with Gasteiger partial charge in [0.1, 0.15) is 6.04 Å². The van der Waals surface area contributed by atoms with E-state index in [1.807, 2.05) is 12.1 Å². The molecular weight excluding hydrogens is 256 g/mol. The molecule has 1 atom stereocenters. The molecule has 1 aromatic heterocycles. The van der Waals surface area contributed by atoms with Crippen molar-refractivity contribution in [2.75, 3.05) is 18.1 Å². The Morgan fingerprint density at radius 1 is 1.30 bits per heavy atom. The van der Waals surface area contributed by atoms with E-state index in [-0.39, 0.29) is 18.2 Å². The quantitative estimate of drug-likeness (QED) is 0.627. The van der Waals surface area contributed by atoms with Crippen LogP contribution in [-0.4, -0.2) is 34.8 Å². The van der Waals surface area contributed by atoms with Crippen molar-refractivity contribution in [3.63, 3.8) is 0 Å². The first-order valence-electron chi connectivity index (χ1n) is 6.27. The van der Waals surface area contributed by atoms with Crippen molar-refractivity contribution >= 4 is 34.0 Å². The van der Waals surface area contributed by atoms with Gasteiger partial charge < -0.3 is 11.1 Å². The third-order valence-electron chi connectivity index (χ3n) is 3.56. The maximum absolute atomic E-state index is 11.9. The number of aromatic nitrogens is 1. The smallest absolute Gasteiger partial charge is 0.251 e. The predicted octanol–water partition coefficient (Wildman–Crippen LogP) is 0.986. The molecule has 2 heterocycles. The van der Waals surface area contributed by atoms with E-state index >= 15 is 0 Å². The van der Waals surface area contributed by atoms with Gasteiger partial charge in [-0.05, 0) is 18.2 Å². The van der Waals surface area contributed by atoms with Crippen molar-refractivity contribution in [1.29, 1.82) is 0 Å². The van der Waals surface area contributed by atoms with Gasteiger partial charge >= 0.3 is 0 Å². The monoisotopic (exact) mass is 270 g/mol. The van der Waals surface area contributed by atoms with Crippen molar-refractivity contribution in [2.24, 2.45) is 0 Å². The Bertz CT molecular complexity index is 713. The summed E-state index contributed by atoms with van der Waals surface area (Å²) >= 11 is 0. The number of amides is 2. The maximum Gasteiger partial charge on any atom is 0.251 e. The van der Waals surface area contributed by atoms with Crippen molar-refractivity contribution in [1.82, 2.24) is 9.88 Å². The molecule has 1 fully saturated rings. The molecule has 0 spiro atoms. The largest absolute Gasteiger partial charge is 0.398 e. The number of likely N-dealkylation sites (N-methyl/N-ethyl adjacent to an activating group) is 1. The molecule has 3 N–H and O–H groups in total. The van der Waals surface area contributed by atoms with Gasteiger partial charge in [0.05, 0.1) is 6.42 Å². The standard InChI is InChI=1S/C14H14N4O2/c1-18-13(19)6-12(14(18)20)17-11-3-2-10(15)9-7-16-5-4-8(9)11/h2-5,7,12,17H,6,15H2,1H3. The highest BCUT2D eigenvalue weighted by molar-refractivity contribution is 6.08. The Hall–Kier alpha value is -2.63. The minimum atomic E-state index is -0.521. The van der Waals surface area contributed by atoms with Gasteiger partial charge in [-0.25, -0.2) is 0 Å². The molecule has 1 saturated heterocycles. The van der Waals surface area contributed by atoms with Crippen LogP contribution in [0.25, 0.3) is 10.8 Å². The number of hydrogen-bond donors (Lipinski definition) is 2. The minimum absolute atomic E-state index is 0.172. The molecule has 3 rings (SSSR count). The van der Waals surface area contributed by atoms with Gasteiger partial charge in [0.15, 0.2) is 0 Å². The number of nitrogens with two attached hydrogens (primary N) is 1. The molecule has 0 bridgehead atoms. The normalized spacial score (nSPS) is 18.9. The molecule has 1 aliphatic rings. The zero-order valence-electron chi connectivity index (χ0n) is 11.0. The molecule has 20 heavy (non-hydrogen) atoms. The van der Waals surface area contributed by atoms with Gasteiger partial charge in [0, 0.05) is 41.6 Å². The lowest BCUT2D eigenvalue weighted by atomic mass is 10.1. The van der Waals surface area contributed by atoms with Crippen LogP contribution in [0.3, 0.4) is 0 Å². The summed E-state index contributed by atoms with van der Waals surface area (Å²) < 4.78 is 0. The highest BCUT2D eigenvalue weighted by atomic mass is 16.2. The van der Waals surface area contributed by atoms with Gasteiger partial charge in [-0.15, -0.1) is 0 Å². The van der Waals surface area contributed by atoms with Crippen LogP contribution in [0.5, 0.6) is 0 Å². The Labute approximate surface area is 115 Å². The van der Waals surface area contributed by atoms with Crippen molar-refractivity contribution in [3.05, 3.63) is 30.6 Å². The number of rotatable bonds is 2. The number of pyridine rings is 1. The fourth-order valence-electron chi connectivity index (χ4n) is 2.39. The Morgan fingerprint density at radius 2 is 2.10 bits per heavy atom. The summed E-state index contributed by atoms with van der Waals surface area (Å²) in [5.41, 5.74) is 7.31. The van der Waals surface area contributed by atoms with E-state index in [9.17, 15) is 9.59 Å². The van der Waals surface area contributed by atoms with E-state index in [2.05, 4.69) is 10.3 Å². The fourth-order valence-corrected chi connectivity index (χ4v) is 2.39. The first kappa shape index (κ1) is 12.4. The molecule has 1 aromatic carbocycles. The average molecular weight is 270 g/mol. The van der Waals surface area contributed by atoms with E-state index in [1.54, 1.807) is 18.5 Å². The van der Waals surface area contributed by atoms with Crippen LogP contribution in [0.1, 0.15) is 6.42 Å². The number of hydrogen-bond acceptors (Lipinski definition) is 5. The van der Waals surface area contributed by atoms with E-state index in [4.69, 9.17) is 5.73 Å². The van der Waals surface area contributed by atoms with E-state index < -0.39 is 6.04 Å². The summed E-state index contributed by atoms with van der Waals surface area (Å²) in [6, 6.07) is 4.89. The zero-order valence-corrected chi connectivity index (χ0v) is 11.0. The fraction of sp³-hybridized carbons (Fsp3) is 0.214. The van der Waals surface area contributed by atoms with Gasteiger partial charge in [-0.1, -0.05) is 0 Å². The summed E-state index contributed by atoms with van der Waals surface area (Å²) in [6.45, 7) is 0. The Balaban J connectivity index is 1.98. The van der Waals surface area contributed by atoms with Crippen LogP contribution in [0.4, 0.5) is 11.4 Å². The van der Waals surface area contributed by atoms with Crippen molar-refractivity contribution < 1.29 is 9.59 Å². The van der Waals surface area contributed by atoms with E-state index in [0.717, 1.165) is 21.4 Å². The molecule has 2 aromatic rings. The van der Waals surface area contributed by atoms with Crippen molar-refractivity contribution in [3.8, 4) is 0 Å². The van der Waals surface area contributed by atoms with Gasteiger partial charge in [0.2, 0.25) is 5.91 Å². The number of nitrogens with one attached hydrogen (secondary N) is 1. The third-order valence-corrected chi connectivity index (χ3v) is 3.56. The Morgan fingerprint density at radius 3 is 2.80 bits per heavy atom. The summed E-state index contributed by atoms with van der Waals surface area (Å²) in [6.07, 6.45) is 3.52. The van der Waals surface area contributed by atoms with Crippen LogP contribution in [0.2, 0.25) is 0 Å². The van der Waals surface area contributed by atoms with Crippen LogP contribution in [0.15, 0.2) is 30.6 Å². The second kappa shape index (κ2) is 4.48. The minimum Gasteiger partial charge on any atom is -0.398 e. The highest BCUT2D eigenvalue weighted by Crippen LogP contribution is 2.29. The number of benzene rings is 1. The predicted molar refractivity (Wildman–Crippen MR) is 76.0 cm³/mol. The van der Waals surface area contributed by atoms with Crippen LogP contribution >= 0.6 is 0 Å². The molecule has 6 heteroatoms. The highest BCUT2D eigenvalue weighted by Gasteiger charge is 2.36. The molecule has 6 nitrogen and oxygen atoms in total.